The van der Waals surface area contributed by atoms with E-state index in [2.05, 4.69) is 10.6 Å². The normalized spacial score (nSPS) is 17.2. The second-order valence-electron chi connectivity index (χ2n) is 7.16. The summed E-state index contributed by atoms with van der Waals surface area (Å²) >= 11 is 0. The zero-order valence-corrected chi connectivity index (χ0v) is 16.8. The highest BCUT2D eigenvalue weighted by atomic mass is 16.7. The highest BCUT2D eigenvalue weighted by Crippen LogP contribution is 2.32. The molecule has 2 aliphatic heterocycles. The maximum Gasteiger partial charge on any atom is 0.309 e. The van der Waals surface area contributed by atoms with Gasteiger partial charge < -0.3 is 29.7 Å². The van der Waals surface area contributed by atoms with E-state index in [-0.39, 0.29) is 31.9 Å². The van der Waals surface area contributed by atoms with Crippen molar-refractivity contribution in [3.8, 4) is 11.5 Å². The lowest BCUT2D eigenvalue weighted by Gasteiger charge is -2.33. The fourth-order valence-electron chi connectivity index (χ4n) is 3.41. The van der Waals surface area contributed by atoms with E-state index in [1.807, 2.05) is 30.3 Å². The third-order valence-electron chi connectivity index (χ3n) is 5.09. The Morgan fingerprint density at radius 3 is 2.58 bits per heavy atom. The Balaban J connectivity index is 1.22. The molecule has 2 N–H and O–H groups in total. The van der Waals surface area contributed by atoms with Gasteiger partial charge in [0.1, 0.15) is 6.10 Å². The Morgan fingerprint density at radius 1 is 0.968 bits per heavy atom. The number of fused-ring (bicyclic) bond motifs is 1. The molecule has 0 aliphatic carbocycles. The summed E-state index contributed by atoms with van der Waals surface area (Å²) in [5.74, 6) is -0.692. The van der Waals surface area contributed by atoms with Gasteiger partial charge in [0.15, 0.2) is 11.5 Å². The predicted octanol–water partition coefficient (Wildman–Crippen LogP) is 0.748. The molecule has 2 heterocycles. The number of hydrogen-bond donors (Lipinski definition) is 2. The van der Waals surface area contributed by atoms with Gasteiger partial charge >= 0.3 is 11.8 Å². The number of rotatable bonds is 5. The van der Waals surface area contributed by atoms with E-state index < -0.39 is 11.8 Å². The van der Waals surface area contributed by atoms with Crippen LogP contribution in [0.25, 0.3) is 0 Å². The van der Waals surface area contributed by atoms with Crippen LogP contribution in [0.1, 0.15) is 17.2 Å². The molecule has 0 spiro atoms. The van der Waals surface area contributed by atoms with Gasteiger partial charge in [-0.15, -0.1) is 0 Å². The summed E-state index contributed by atoms with van der Waals surface area (Å²) in [6.07, 6.45) is -0.209. The number of amides is 3. The van der Waals surface area contributed by atoms with Gasteiger partial charge in [-0.2, -0.15) is 0 Å². The molecule has 31 heavy (non-hydrogen) atoms. The fourth-order valence-corrected chi connectivity index (χ4v) is 3.41. The molecule has 0 saturated carbocycles. The summed E-state index contributed by atoms with van der Waals surface area (Å²) in [6, 6.07) is 14.9. The van der Waals surface area contributed by atoms with Gasteiger partial charge in [0.05, 0.1) is 19.7 Å². The average Bonchev–Trinajstić information content (AvgIpc) is 3.29. The van der Waals surface area contributed by atoms with Crippen molar-refractivity contribution in [3.63, 3.8) is 0 Å². The van der Waals surface area contributed by atoms with Gasteiger partial charge in [0, 0.05) is 13.1 Å². The number of carbonyl (C=O) groups excluding carboxylic acids is 3. The van der Waals surface area contributed by atoms with Crippen LogP contribution < -0.4 is 20.1 Å². The number of morpholine rings is 1. The minimum atomic E-state index is -0.859. The van der Waals surface area contributed by atoms with Gasteiger partial charge in [0.2, 0.25) is 12.7 Å². The van der Waals surface area contributed by atoms with Gasteiger partial charge in [-0.1, -0.05) is 36.4 Å². The molecule has 1 atom stereocenters. The van der Waals surface area contributed by atoms with Crippen molar-refractivity contribution in [2.45, 2.75) is 12.6 Å². The van der Waals surface area contributed by atoms with Crippen molar-refractivity contribution < 1.29 is 28.6 Å². The summed E-state index contributed by atoms with van der Waals surface area (Å²) in [4.78, 5) is 38.2. The molecule has 1 saturated heterocycles. The second-order valence-corrected chi connectivity index (χ2v) is 7.16. The molecule has 2 aliphatic rings. The molecular weight excluding hydrogens is 402 g/mol. The van der Waals surface area contributed by atoms with Crippen molar-refractivity contribution in [3.05, 3.63) is 59.7 Å². The van der Waals surface area contributed by atoms with E-state index in [1.54, 1.807) is 23.1 Å². The lowest BCUT2D eigenvalue weighted by atomic mass is 10.1. The summed E-state index contributed by atoms with van der Waals surface area (Å²) in [5.41, 5.74) is 1.76. The summed E-state index contributed by atoms with van der Waals surface area (Å²) in [7, 11) is 0. The number of benzene rings is 2. The molecule has 0 bridgehead atoms. The molecule has 162 valence electrons. The third-order valence-corrected chi connectivity index (χ3v) is 5.09. The van der Waals surface area contributed by atoms with E-state index in [0.717, 1.165) is 11.1 Å². The average molecular weight is 425 g/mol. The van der Waals surface area contributed by atoms with Crippen LogP contribution in [0.5, 0.6) is 11.5 Å². The molecule has 4 rings (SSSR count). The maximum absolute atomic E-state index is 12.5. The van der Waals surface area contributed by atoms with Gasteiger partial charge in [-0.25, -0.2) is 0 Å². The molecule has 0 aromatic heterocycles. The summed E-state index contributed by atoms with van der Waals surface area (Å²) in [5, 5.41) is 4.91. The molecular formula is C22H23N3O6. The monoisotopic (exact) mass is 425 g/mol. The van der Waals surface area contributed by atoms with E-state index in [1.165, 1.54) is 0 Å². The molecule has 0 unspecified atom stereocenters. The molecule has 9 heteroatoms. The largest absolute Gasteiger partial charge is 0.454 e. The fraction of sp³-hybridized carbons (Fsp3) is 0.318. The van der Waals surface area contributed by atoms with Gasteiger partial charge in [0.25, 0.3) is 0 Å². The van der Waals surface area contributed by atoms with Crippen molar-refractivity contribution in [2.24, 2.45) is 0 Å². The zero-order valence-electron chi connectivity index (χ0n) is 16.8. The van der Waals surface area contributed by atoms with Crippen LogP contribution in [-0.2, 0) is 25.7 Å². The van der Waals surface area contributed by atoms with Crippen molar-refractivity contribution in [1.29, 1.82) is 0 Å². The first kappa shape index (κ1) is 20.7. The molecule has 3 amide bonds. The third kappa shape index (κ3) is 5.13. The second kappa shape index (κ2) is 9.48. The number of ether oxygens (including phenoxy) is 3. The van der Waals surface area contributed by atoms with Crippen LogP contribution in [-0.4, -0.2) is 55.7 Å². The Kier molecular flexibility index (Phi) is 6.32. The lowest BCUT2D eigenvalue weighted by Crippen LogP contribution is -2.48. The maximum atomic E-state index is 12.5. The standard InChI is InChI=1S/C22H23N3O6/c26-20(25-8-9-29-19(13-25)16-4-2-1-3-5-16)12-24-22(28)21(27)23-11-15-6-7-17-18(10-15)31-14-30-17/h1-7,10,19H,8-9,11-14H2,(H,23,27)(H,24,28)/t19-/m1/s1. The first-order chi connectivity index (χ1) is 15.1. The van der Waals surface area contributed by atoms with E-state index >= 15 is 0 Å². The molecule has 9 nitrogen and oxygen atoms in total. The SMILES string of the molecule is O=C(NCC(=O)N1CCO[C@@H](c2ccccc2)C1)C(=O)NCc1ccc2c(c1)OCO2. The predicted molar refractivity (Wildman–Crippen MR) is 109 cm³/mol. The smallest absolute Gasteiger partial charge is 0.309 e. The van der Waals surface area contributed by atoms with Gasteiger partial charge in [-0.05, 0) is 23.3 Å². The summed E-state index contributed by atoms with van der Waals surface area (Å²) in [6.45, 7) is 1.31. The molecule has 1 fully saturated rings. The molecule has 2 aromatic carbocycles. The summed E-state index contributed by atoms with van der Waals surface area (Å²) < 4.78 is 16.3. The molecule has 2 aromatic rings. The Morgan fingerprint density at radius 2 is 1.74 bits per heavy atom. The van der Waals surface area contributed by atoms with Crippen LogP contribution in [0.4, 0.5) is 0 Å². The first-order valence-electron chi connectivity index (χ1n) is 9.99. The number of hydrogen-bond acceptors (Lipinski definition) is 6. The van der Waals surface area contributed by atoms with Crippen molar-refractivity contribution in [2.75, 3.05) is 33.0 Å². The Labute approximate surface area is 179 Å². The Bertz CT molecular complexity index is 965. The van der Waals surface area contributed by atoms with Crippen molar-refractivity contribution in [1.82, 2.24) is 15.5 Å². The van der Waals surface area contributed by atoms with Crippen molar-refractivity contribution >= 4 is 17.7 Å². The van der Waals surface area contributed by atoms with Gasteiger partial charge in [-0.3, -0.25) is 14.4 Å². The van der Waals surface area contributed by atoms with E-state index in [4.69, 9.17) is 14.2 Å². The zero-order chi connectivity index (χ0) is 21.6. The van der Waals surface area contributed by atoms with E-state index in [0.29, 0.717) is 31.2 Å². The van der Waals surface area contributed by atoms with E-state index in [9.17, 15) is 14.4 Å². The quantitative estimate of drug-likeness (QED) is 0.685. The topological polar surface area (TPSA) is 106 Å². The number of nitrogens with one attached hydrogen (secondary N) is 2. The lowest BCUT2D eigenvalue weighted by molar-refractivity contribution is -0.142. The van der Waals surface area contributed by atoms with Crippen LogP contribution in [0.15, 0.2) is 48.5 Å². The number of carbonyl (C=O) groups is 3. The minimum absolute atomic E-state index is 0.152. The van der Waals surface area contributed by atoms with Crippen LogP contribution in [0.3, 0.4) is 0 Å². The van der Waals surface area contributed by atoms with Crippen LogP contribution >= 0.6 is 0 Å². The first-order valence-corrected chi connectivity index (χ1v) is 9.99. The van der Waals surface area contributed by atoms with Crippen LogP contribution in [0.2, 0.25) is 0 Å². The Hall–Kier alpha value is -3.59. The number of nitrogens with zero attached hydrogens (tertiary/aromatic N) is 1. The van der Waals surface area contributed by atoms with Crippen LogP contribution in [0, 0.1) is 0 Å². The highest BCUT2D eigenvalue weighted by molar-refractivity contribution is 6.35. The molecule has 0 radical (unpaired) electrons. The minimum Gasteiger partial charge on any atom is -0.454 e. The highest BCUT2D eigenvalue weighted by Gasteiger charge is 2.26.